The molecule has 0 heterocycles. The van der Waals surface area contributed by atoms with Gasteiger partial charge in [-0.05, 0) is 30.2 Å². The normalized spacial score (nSPS) is 10.9. The van der Waals surface area contributed by atoms with Crippen LogP contribution in [0.15, 0.2) is 41.4 Å². The summed E-state index contributed by atoms with van der Waals surface area (Å²) < 4.78 is 0. The molecule has 0 fully saturated rings. The van der Waals surface area contributed by atoms with Crippen molar-refractivity contribution < 1.29 is 10.0 Å². The molecule has 5 nitrogen and oxygen atoms in total. The Morgan fingerprint density at radius 1 is 1.25 bits per heavy atom. The van der Waals surface area contributed by atoms with E-state index in [1.54, 1.807) is 18.2 Å². The third kappa shape index (κ3) is 3.13. The number of halogens is 1. The second-order valence-corrected chi connectivity index (χ2v) is 4.58. The second-order valence-electron chi connectivity index (χ2n) is 4.17. The molecule has 0 N–H and O–H groups in total. The van der Waals surface area contributed by atoms with E-state index in [4.69, 9.17) is 11.6 Å². The molecule has 0 aliphatic carbocycles. The van der Waals surface area contributed by atoms with Gasteiger partial charge in [-0.15, -0.1) is 0 Å². The smallest absolute Gasteiger partial charge is 0.270 e. The van der Waals surface area contributed by atoms with E-state index in [1.165, 1.54) is 18.3 Å². The topological polar surface area (TPSA) is 78.6 Å². The van der Waals surface area contributed by atoms with Crippen molar-refractivity contribution in [2.24, 2.45) is 4.99 Å². The zero-order valence-corrected chi connectivity index (χ0v) is 11.3. The standard InChI is InChI=1S/C14H11ClN2O3/c1-9-2-3-11(7-13(9)15)16-8-10-6-12(17(19)20)4-5-14(10)18/h2-8,18H,1H3/p-1. The number of hydrogen-bond acceptors (Lipinski definition) is 4. The number of aryl methyl sites for hydroxylation is 1. The van der Waals surface area contributed by atoms with Crippen LogP contribution in [0.5, 0.6) is 5.75 Å². The Morgan fingerprint density at radius 2 is 2.00 bits per heavy atom. The number of nitrogens with zero attached hydrogens (tertiary/aromatic N) is 2. The molecule has 6 heteroatoms. The van der Waals surface area contributed by atoms with Gasteiger partial charge in [0.1, 0.15) is 0 Å². The average molecular weight is 290 g/mol. The summed E-state index contributed by atoms with van der Waals surface area (Å²) in [5, 5.41) is 22.8. The summed E-state index contributed by atoms with van der Waals surface area (Å²) in [4.78, 5) is 14.2. The Hall–Kier alpha value is -2.40. The number of non-ortho nitro benzene ring substituents is 1. The summed E-state index contributed by atoms with van der Waals surface area (Å²) in [6, 6.07) is 8.74. The van der Waals surface area contributed by atoms with Crippen LogP contribution in [0, 0.1) is 17.0 Å². The summed E-state index contributed by atoms with van der Waals surface area (Å²) in [6.45, 7) is 1.87. The number of hydrogen-bond donors (Lipinski definition) is 0. The van der Waals surface area contributed by atoms with E-state index in [-0.39, 0.29) is 17.0 Å². The summed E-state index contributed by atoms with van der Waals surface area (Å²) in [6.07, 6.45) is 1.30. The molecule has 2 rings (SSSR count). The fraction of sp³-hybridized carbons (Fsp3) is 0.0714. The highest BCUT2D eigenvalue weighted by molar-refractivity contribution is 6.31. The number of benzene rings is 2. The van der Waals surface area contributed by atoms with Gasteiger partial charge < -0.3 is 5.11 Å². The van der Waals surface area contributed by atoms with Crippen LogP contribution in [0.25, 0.3) is 0 Å². The number of nitro benzene ring substituents is 1. The molecule has 102 valence electrons. The van der Waals surface area contributed by atoms with Gasteiger partial charge in [0, 0.05) is 23.4 Å². The number of rotatable bonds is 3. The summed E-state index contributed by atoms with van der Waals surface area (Å²) in [7, 11) is 0. The largest absolute Gasteiger partial charge is 0.872 e. The molecule has 0 unspecified atom stereocenters. The van der Waals surface area contributed by atoms with Crippen LogP contribution in [0.2, 0.25) is 5.02 Å². The van der Waals surface area contributed by atoms with Crippen molar-refractivity contribution in [1.82, 2.24) is 0 Å². The number of nitro groups is 1. The van der Waals surface area contributed by atoms with Crippen molar-refractivity contribution in [3.05, 3.63) is 62.7 Å². The van der Waals surface area contributed by atoms with Crippen molar-refractivity contribution in [1.29, 1.82) is 0 Å². The first-order valence-corrected chi connectivity index (χ1v) is 6.11. The minimum Gasteiger partial charge on any atom is -0.872 e. The monoisotopic (exact) mass is 289 g/mol. The third-order valence-corrected chi connectivity index (χ3v) is 3.12. The lowest BCUT2D eigenvalue weighted by Crippen LogP contribution is -1.98. The van der Waals surface area contributed by atoms with Gasteiger partial charge in [-0.2, -0.15) is 0 Å². The number of aliphatic imine (C=N–C) groups is 1. The zero-order chi connectivity index (χ0) is 14.7. The van der Waals surface area contributed by atoms with Crippen LogP contribution in [0.4, 0.5) is 11.4 Å². The van der Waals surface area contributed by atoms with Gasteiger partial charge in [-0.1, -0.05) is 29.5 Å². The first-order valence-electron chi connectivity index (χ1n) is 5.73. The van der Waals surface area contributed by atoms with E-state index >= 15 is 0 Å². The molecular formula is C14H10ClN2O3-. The van der Waals surface area contributed by atoms with Crippen molar-refractivity contribution in [2.75, 3.05) is 0 Å². The summed E-state index contributed by atoms with van der Waals surface area (Å²) in [5.41, 5.74) is 1.51. The molecule has 0 bridgehead atoms. The van der Waals surface area contributed by atoms with Crippen LogP contribution in [-0.4, -0.2) is 11.1 Å². The second kappa shape index (κ2) is 5.71. The average Bonchev–Trinajstić information content (AvgIpc) is 2.41. The van der Waals surface area contributed by atoms with E-state index in [0.29, 0.717) is 10.7 Å². The molecule has 0 spiro atoms. The van der Waals surface area contributed by atoms with Crippen molar-refractivity contribution >= 4 is 29.2 Å². The Balaban J connectivity index is 2.33. The van der Waals surface area contributed by atoms with Gasteiger partial charge in [-0.3, -0.25) is 15.1 Å². The maximum atomic E-state index is 11.6. The van der Waals surface area contributed by atoms with Crippen LogP contribution in [0.3, 0.4) is 0 Å². The van der Waals surface area contributed by atoms with Crippen LogP contribution in [0.1, 0.15) is 11.1 Å². The first-order chi connectivity index (χ1) is 9.47. The molecule has 0 aliphatic rings. The quantitative estimate of drug-likeness (QED) is 0.493. The highest BCUT2D eigenvalue weighted by atomic mass is 35.5. The molecule has 0 radical (unpaired) electrons. The van der Waals surface area contributed by atoms with Gasteiger partial charge in [0.25, 0.3) is 5.69 Å². The first kappa shape index (κ1) is 14.0. The van der Waals surface area contributed by atoms with Crippen molar-refractivity contribution in [2.45, 2.75) is 6.92 Å². The molecule has 0 atom stereocenters. The maximum absolute atomic E-state index is 11.6. The Morgan fingerprint density at radius 3 is 2.65 bits per heavy atom. The Bertz CT molecular complexity index is 699. The fourth-order valence-corrected chi connectivity index (χ4v) is 1.73. The minimum absolute atomic E-state index is 0.145. The van der Waals surface area contributed by atoms with Crippen LogP contribution < -0.4 is 5.11 Å². The van der Waals surface area contributed by atoms with E-state index < -0.39 is 4.92 Å². The maximum Gasteiger partial charge on any atom is 0.270 e. The third-order valence-electron chi connectivity index (χ3n) is 2.71. The lowest BCUT2D eigenvalue weighted by atomic mass is 10.2. The molecular weight excluding hydrogens is 280 g/mol. The van der Waals surface area contributed by atoms with Crippen LogP contribution in [-0.2, 0) is 0 Å². The van der Waals surface area contributed by atoms with Crippen LogP contribution >= 0.6 is 11.6 Å². The van der Waals surface area contributed by atoms with Gasteiger partial charge in [0.05, 0.1) is 10.6 Å². The van der Waals surface area contributed by atoms with Crippen molar-refractivity contribution in [3.8, 4) is 5.75 Å². The summed E-state index contributed by atoms with van der Waals surface area (Å²) >= 11 is 5.97. The molecule has 20 heavy (non-hydrogen) atoms. The molecule has 0 saturated carbocycles. The predicted molar refractivity (Wildman–Crippen MR) is 76.0 cm³/mol. The molecule has 2 aromatic carbocycles. The highest BCUT2D eigenvalue weighted by Gasteiger charge is 2.05. The SMILES string of the molecule is Cc1ccc(N=Cc2cc([N+](=O)[O-])ccc2[O-])cc1Cl. The molecule has 0 amide bonds. The Kier molecular flexibility index (Phi) is 4.00. The molecule has 2 aromatic rings. The highest BCUT2D eigenvalue weighted by Crippen LogP contribution is 2.23. The van der Waals surface area contributed by atoms with E-state index in [1.807, 2.05) is 6.92 Å². The predicted octanol–water partition coefficient (Wildman–Crippen LogP) is 3.38. The lowest BCUT2D eigenvalue weighted by Gasteiger charge is -2.08. The fourth-order valence-electron chi connectivity index (χ4n) is 1.56. The van der Waals surface area contributed by atoms with Gasteiger partial charge in [0.15, 0.2) is 0 Å². The van der Waals surface area contributed by atoms with Gasteiger partial charge in [-0.25, -0.2) is 0 Å². The lowest BCUT2D eigenvalue weighted by molar-refractivity contribution is -0.385. The Labute approximate surface area is 120 Å². The molecule has 0 aliphatic heterocycles. The van der Waals surface area contributed by atoms with E-state index in [0.717, 1.165) is 11.6 Å². The van der Waals surface area contributed by atoms with E-state index in [9.17, 15) is 15.2 Å². The van der Waals surface area contributed by atoms with Gasteiger partial charge in [0.2, 0.25) is 0 Å². The minimum atomic E-state index is -0.556. The molecule has 0 aromatic heterocycles. The van der Waals surface area contributed by atoms with E-state index in [2.05, 4.69) is 4.99 Å². The van der Waals surface area contributed by atoms with Gasteiger partial charge >= 0.3 is 0 Å². The van der Waals surface area contributed by atoms with Crippen molar-refractivity contribution in [3.63, 3.8) is 0 Å². The summed E-state index contributed by atoms with van der Waals surface area (Å²) in [5.74, 6) is -0.322. The molecule has 0 saturated heterocycles. The zero-order valence-electron chi connectivity index (χ0n) is 10.5.